The highest BCUT2D eigenvalue weighted by molar-refractivity contribution is 8.01. The molecule has 11 heteroatoms. The van der Waals surface area contributed by atoms with E-state index in [0.717, 1.165) is 5.69 Å². The standard InChI is InChI=1S/C17H13N7O3S/c1-11-15(28-17-18-20-21-23(17)12-6-3-2-4-7-12)16(25)22(19-11)13-8-5-9-14(10-13)24(26)27/h2-10,15H,1H3/t15-/m0/s1. The number of para-hydroxylation sites is 1. The molecule has 0 aliphatic carbocycles. The number of hydrogen-bond donors (Lipinski definition) is 0. The highest BCUT2D eigenvalue weighted by Gasteiger charge is 2.37. The molecule has 1 aromatic heterocycles. The molecule has 10 nitrogen and oxygen atoms in total. The summed E-state index contributed by atoms with van der Waals surface area (Å²) in [6.07, 6.45) is 0. The van der Waals surface area contributed by atoms with Gasteiger partial charge in [0.1, 0.15) is 5.25 Å². The normalized spacial score (nSPS) is 16.3. The Bertz CT molecular complexity index is 1080. The Kier molecular flexibility index (Phi) is 4.57. The number of rotatable bonds is 5. The summed E-state index contributed by atoms with van der Waals surface area (Å²) in [7, 11) is 0. The number of nitrogens with zero attached hydrogens (tertiary/aromatic N) is 7. The van der Waals surface area contributed by atoms with Crippen LogP contribution >= 0.6 is 11.8 Å². The zero-order valence-electron chi connectivity index (χ0n) is 14.5. The minimum absolute atomic E-state index is 0.109. The molecule has 140 valence electrons. The average molecular weight is 395 g/mol. The second-order valence-corrected chi connectivity index (χ2v) is 6.95. The molecule has 1 atom stereocenters. The Labute approximate surface area is 163 Å². The number of nitro benzene ring substituents is 1. The summed E-state index contributed by atoms with van der Waals surface area (Å²) in [6.45, 7) is 1.73. The van der Waals surface area contributed by atoms with E-state index in [2.05, 4.69) is 20.6 Å². The zero-order valence-corrected chi connectivity index (χ0v) is 15.4. The second kappa shape index (κ2) is 7.19. The molecule has 0 spiro atoms. The van der Waals surface area contributed by atoms with Gasteiger partial charge in [-0.3, -0.25) is 14.9 Å². The van der Waals surface area contributed by atoms with Crippen LogP contribution < -0.4 is 5.01 Å². The van der Waals surface area contributed by atoms with Crippen LogP contribution in [0.25, 0.3) is 5.69 Å². The lowest BCUT2D eigenvalue weighted by molar-refractivity contribution is -0.384. The van der Waals surface area contributed by atoms with Crippen LogP contribution in [0.15, 0.2) is 64.9 Å². The van der Waals surface area contributed by atoms with Gasteiger partial charge in [-0.2, -0.15) is 14.8 Å². The maximum atomic E-state index is 12.9. The third-order valence-electron chi connectivity index (χ3n) is 4.02. The van der Waals surface area contributed by atoms with E-state index in [1.807, 2.05) is 30.3 Å². The fraction of sp³-hybridized carbons (Fsp3) is 0.118. The lowest BCUT2D eigenvalue weighted by atomic mass is 10.2. The number of hydrogen-bond acceptors (Lipinski definition) is 8. The minimum atomic E-state index is -0.632. The van der Waals surface area contributed by atoms with Crippen molar-refractivity contribution in [2.75, 3.05) is 5.01 Å². The summed E-state index contributed by atoms with van der Waals surface area (Å²) >= 11 is 1.18. The predicted molar refractivity (Wildman–Crippen MR) is 102 cm³/mol. The van der Waals surface area contributed by atoms with Gasteiger partial charge in [0.15, 0.2) is 0 Å². The van der Waals surface area contributed by atoms with Crippen molar-refractivity contribution in [1.82, 2.24) is 20.2 Å². The average Bonchev–Trinajstić information content (AvgIpc) is 3.29. The summed E-state index contributed by atoms with van der Waals surface area (Å²) in [5.74, 6) is -0.314. The number of amides is 1. The first-order chi connectivity index (χ1) is 13.5. The maximum Gasteiger partial charge on any atom is 0.271 e. The Morgan fingerprint density at radius 2 is 1.86 bits per heavy atom. The van der Waals surface area contributed by atoms with Gasteiger partial charge in [0.25, 0.3) is 11.6 Å². The first-order valence-electron chi connectivity index (χ1n) is 8.18. The van der Waals surface area contributed by atoms with Gasteiger partial charge in [-0.1, -0.05) is 36.0 Å². The van der Waals surface area contributed by atoms with Crippen LogP contribution in [0.5, 0.6) is 0 Å². The summed E-state index contributed by atoms with van der Waals surface area (Å²) in [6, 6.07) is 15.1. The van der Waals surface area contributed by atoms with Crippen molar-refractivity contribution in [3.05, 3.63) is 64.7 Å². The quantitative estimate of drug-likeness (QED) is 0.481. The molecule has 3 aromatic rings. The molecule has 0 N–H and O–H groups in total. The Hall–Kier alpha value is -3.60. The van der Waals surface area contributed by atoms with Gasteiger partial charge >= 0.3 is 0 Å². The second-order valence-electron chi connectivity index (χ2n) is 5.88. The molecule has 0 saturated heterocycles. The van der Waals surface area contributed by atoms with Crippen molar-refractivity contribution < 1.29 is 9.72 Å². The SMILES string of the molecule is CC1=NN(c2cccc([N+](=O)[O-])c2)C(=O)[C@H]1Sc1nnnn1-c1ccccc1. The molecular weight excluding hydrogens is 382 g/mol. The van der Waals surface area contributed by atoms with Crippen LogP contribution in [-0.4, -0.2) is 42.0 Å². The van der Waals surface area contributed by atoms with Gasteiger partial charge in [-0.05, 0) is 35.5 Å². The first kappa shape index (κ1) is 17.8. The van der Waals surface area contributed by atoms with E-state index in [1.54, 1.807) is 17.7 Å². The topological polar surface area (TPSA) is 119 Å². The number of thioether (sulfide) groups is 1. The van der Waals surface area contributed by atoms with Gasteiger partial charge < -0.3 is 0 Å². The van der Waals surface area contributed by atoms with Crippen molar-refractivity contribution in [3.8, 4) is 5.69 Å². The monoisotopic (exact) mass is 395 g/mol. The fourth-order valence-electron chi connectivity index (χ4n) is 2.70. The number of tetrazole rings is 1. The van der Waals surface area contributed by atoms with Crippen molar-refractivity contribution in [2.24, 2.45) is 5.10 Å². The highest BCUT2D eigenvalue weighted by atomic mass is 32.2. The Morgan fingerprint density at radius 3 is 2.61 bits per heavy atom. The van der Waals surface area contributed by atoms with E-state index in [9.17, 15) is 14.9 Å². The summed E-state index contributed by atoms with van der Waals surface area (Å²) < 4.78 is 1.54. The number of non-ortho nitro benzene ring substituents is 1. The molecule has 1 aliphatic rings. The minimum Gasteiger partial charge on any atom is -0.271 e. The van der Waals surface area contributed by atoms with Gasteiger partial charge in [-0.15, -0.1) is 5.10 Å². The summed E-state index contributed by atoms with van der Waals surface area (Å²) in [5.41, 5.74) is 1.56. The van der Waals surface area contributed by atoms with E-state index < -0.39 is 10.2 Å². The largest absolute Gasteiger partial charge is 0.271 e. The molecule has 0 fully saturated rings. The number of nitro groups is 1. The number of benzene rings is 2. The molecule has 4 rings (SSSR count). The zero-order chi connectivity index (χ0) is 19.7. The van der Waals surface area contributed by atoms with Crippen LogP contribution in [-0.2, 0) is 4.79 Å². The van der Waals surface area contributed by atoms with Crippen LogP contribution in [0, 0.1) is 10.1 Å². The van der Waals surface area contributed by atoms with Gasteiger partial charge in [-0.25, -0.2) is 0 Å². The molecule has 0 saturated carbocycles. The van der Waals surface area contributed by atoms with E-state index in [0.29, 0.717) is 16.6 Å². The Morgan fingerprint density at radius 1 is 1.11 bits per heavy atom. The third kappa shape index (κ3) is 3.22. The number of anilines is 1. The first-order valence-corrected chi connectivity index (χ1v) is 9.06. The van der Waals surface area contributed by atoms with Crippen molar-refractivity contribution >= 4 is 34.8 Å². The van der Waals surface area contributed by atoms with Crippen LogP contribution in [0.3, 0.4) is 0 Å². The lowest BCUT2D eigenvalue weighted by Gasteiger charge is -2.13. The summed E-state index contributed by atoms with van der Waals surface area (Å²) in [5, 5.41) is 28.0. The lowest BCUT2D eigenvalue weighted by Crippen LogP contribution is -2.29. The van der Waals surface area contributed by atoms with Gasteiger partial charge in [0, 0.05) is 12.1 Å². The number of carbonyl (C=O) groups excluding carboxylic acids is 1. The molecule has 0 unspecified atom stereocenters. The maximum absolute atomic E-state index is 12.9. The molecule has 0 radical (unpaired) electrons. The van der Waals surface area contributed by atoms with Gasteiger partial charge in [0.05, 0.1) is 22.0 Å². The van der Waals surface area contributed by atoms with E-state index in [4.69, 9.17) is 0 Å². The highest BCUT2D eigenvalue weighted by Crippen LogP contribution is 2.32. The van der Waals surface area contributed by atoms with Crippen LogP contribution in [0.2, 0.25) is 0 Å². The fourth-order valence-corrected chi connectivity index (χ4v) is 3.65. The molecule has 1 amide bonds. The molecular formula is C17H13N7O3S. The van der Waals surface area contributed by atoms with Crippen molar-refractivity contribution in [2.45, 2.75) is 17.3 Å². The molecule has 2 aromatic carbocycles. The van der Waals surface area contributed by atoms with Crippen molar-refractivity contribution in [1.29, 1.82) is 0 Å². The molecule has 28 heavy (non-hydrogen) atoms. The van der Waals surface area contributed by atoms with Crippen molar-refractivity contribution in [3.63, 3.8) is 0 Å². The van der Waals surface area contributed by atoms with E-state index in [1.165, 1.54) is 35.0 Å². The van der Waals surface area contributed by atoms with E-state index in [-0.39, 0.29) is 11.6 Å². The number of carbonyl (C=O) groups is 1. The molecule has 0 bridgehead atoms. The van der Waals surface area contributed by atoms with Gasteiger partial charge in [0.2, 0.25) is 5.16 Å². The summed E-state index contributed by atoms with van der Waals surface area (Å²) in [4.78, 5) is 23.4. The predicted octanol–water partition coefficient (Wildman–Crippen LogP) is 2.45. The van der Waals surface area contributed by atoms with Crippen LogP contribution in [0.4, 0.5) is 11.4 Å². The number of hydrazone groups is 1. The molecule has 1 aliphatic heterocycles. The van der Waals surface area contributed by atoms with Crippen LogP contribution in [0.1, 0.15) is 6.92 Å². The smallest absolute Gasteiger partial charge is 0.271 e. The molecule has 2 heterocycles. The Balaban J connectivity index is 1.60. The third-order valence-corrected chi connectivity index (χ3v) is 5.26. The number of aromatic nitrogens is 4. The van der Waals surface area contributed by atoms with E-state index >= 15 is 0 Å².